The van der Waals surface area contributed by atoms with E-state index in [0.717, 1.165) is 31.5 Å². The van der Waals surface area contributed by atoms with Crippen molar-refractivity contribution in [2.45, 2.75) is 45.6 Å². The molecule has 2 heterocycles. The van der Waals surface area contributed by atoms with Gasteiger partial charge in [0.05, 0.1) is 13.0 Å². The number of hydrogen-bond acceptors (Lipinski definition) is 3. The number of likely N-dealkylation sites (N-methyl/N-ethyl adjacent to an activating group) is 1. The molecule has 1 aliphatic heterocycles. The maximum atomic E-state index is 13.6. The lowest BCUT2D eigenvalue weighted by Gasteiger charge is -2.21. The third-order valence-electron chi connectivity index (χ3n) is 6.38. The molecule has 3 aromatic rings. The Balaban J connectivity index is 1.78. The van der Waals surface area contributed by atoms with Gasteiger partial charge in [0.1, 0.15) is 5.82 Å². The van der Waals surface area contributed by atoms with Gasteiger partial charge in [-0.3, -0.25) is 4.79 Å². The van der Waals surface area contributed by atoms with Crippen LogP contribution in [0.1, 0.15) is 41.6 Å². The number of aromatic nitrogens is 1. The second-order valence-electron chi connectivity index (χ2n) is 8.62. The normalized spacial score (nSPS) is 15.5. The summed E-state index contributed by atoms with van der Waals surface area (Å²) in [6.07, 6.45) is 2.28. The van der Waals surface area contributed by atoms with Crippen LogP contribution in [0.5, 0.6) is 0 Å². The average Bonchev–Trinajstić information content (AvgIpc) is 2.87. The van der Waals surface area contributed by atoms with E-state index in [-0.39, 0.29) is 24.1 Å². The van der Waals surface area contributed by atoms with E-state index in [2.05, 4.69) is 41.6 Å². The van der Waals surface area contributed by atoms with E-state index in [0.29, 0.717) is 13.2 Å². The van der Waals surface area contributed by atoms with Gasteiger partial charge in [-0.15, -0.1) is 0 Å². The summed E-state index contributed by atoms with van der Waals surface area (Å²) >= 11 is 0. The monoisotopic (exact) mass is 422 g/mol. The Morgan fingerprint density at radius 1 is 1.13 bits per heavy atom. The number of aryl methyl sites for hydroxylation is 1. The number of fused-ring (bicyclic) bond motifs is 3. The number of nitrogens with zero attached hydrogens (tertiary/aromatic N) is 2. The van der Waals surface area contributed by atoms with Crippen LogP contribution in [0.3, 0.4) is 0 Å². The predicted molar refractivity (Wildman–Crippen MR) is 122 cm³/mol. The second-order valence-corrected chi connectivity index (χ2v) is 8.62. The molecule has 1 aliphatic rings. The predicted octanol–water partition coefficient (Wildman–Crippen LogP) is 4.86. The fourth-order valence-corrected chi connectivity index (χ4v) is 4.74. The van der Waals surface area contributed by atoms with Crippen molar-refractivity contribution in [1.29, 1.82) is 0 Å². The van der Waals surface area contributed by atoms with Crippen LogP contribution in [0, 0.1) is 12.7 Å². The molecule has 5 heteroatoms. The summed E-state index contributed by atoms with van der Waals surface area (Å²) in [6.45, 7) is 7.05. The van der Waals surface area contributed by atoms with Crippen LogP contribution in [0.15, 0.2) is 42.5 Å². The molecule has 0 N–H and O–H groups in total. The van der Waals surface area contributed by atoms with Crippen molar-refractivity contribution < 1.29 is 13.9 Å². The minimum Gasteiger partial charge on any atom is -0.466 e. The second kappa shape index (κ2) is 9.23. The molecule has 31 heavy (non-hydrogen) atoms. The fraction of sp³-hybridized carbons (Fsp3) is 0.423. The van der Waals surface area contributed by atoms with Gasteiger partial charge in [0.15, 0.2) is 0 Å². The number of benzene rings is 2. The SMILES string of the molecule is CCOC(=O)CC(Cn1c2c(c3cc(C)ccc31)CCN(C)CC2)c1ccc(F)cc1. The molecule has 0 fully saturated rings. The molecule has 0 saturated carbocycles. The molecule has 2 aromatic carbocycles. The number of halogens is 1. The molecule has 0 bridgehead atoms. The van der Waals surface area contributed by atoms with Crippen LogP contribution in [0.2, 0.25) is 0 Å². The maximum absolute atomic E-state index is 13.6. The minimum absolute atomic E-state index is 0.0818. The largest absolute Gasteiger partial charge is 0.466 e. The molecular weight excluding hydrogens is 391 g/mol. The van der Waals surface area contributed by atoms with Crippen LogP contribution < -0.4 is 0 Å². The van der Waals surface area contributed by atoms with Gasteiger partial charge >= 0.3 is 5.97 Å². The number of carbonyl (C=O) groups is 1. The lowest BCUT2D eigenvalue weighted by molar-refractivity contribution is -0.143. The fourth-order valence-electron chi connectivity index (χ4n) is 4.74. The van der Waals surface area contributed by atoms with Crippen LogP contribution in [0.25, 0.3) is 10.9 Å². The quantitative estimate of drug-likeness (QED) is 0.532. The van der Waals surface area contributed by atoms with Crippen molar-refractivity contribution in [3.05, 3.63) is 70.7 Å². The molecule has 0 spiro atoms. The summed E-state index contributed by atoms with van der Waals surface area (Å²) in [4.78, 5) is 14.8. The molecular formula is C26H31FN2O2. The topological polar surface area (TPSA) is 34.5 Å². The lowest BCUT2D eigenvalue weighted by Crippen LogP contribution is -2.22. The Bertz CT molecular complexity index is 1070. The molecule has 164 valence electrons. The summed E-state index contributed by atoms with van der Waals surface area (Å²) in [5, 5.41) is 1.32. The summed E-state index contributed by atoms with van der Waals surface area (Å²) in [5.41, 5.74) is 6.23. The van der Waals surface area contributed by atoms with E-state index < -0.39 is 0 Å². The van der Waals surface area contributed by atoms with Crippen molar-refractivity contribution >= 4 is 16.9 Å². The zero-order chi connectivity index (χ0) is 22.0. The van der Waals surface area contributed by atoms with Crippen molar-refractivity contribution in [2.75, 3.05) is 26.7 Å². The van der Waals surface area contributed by atoms with Gasteiger partial charge < -0.3 is 14.2 Å². The smallest absolute Gasteiger partial charge is 0.306 e. The molecule has 0 saturated heterocycles. The molecule has 0 amide bonds. The zero-order valence-corrected chi connectivity index (χ0v) is 18.7. The number of hydrogen-bond donors (Lipinski definition) is 0. The first-order valence-corrected chi connectivity index (χ1v) is 11.2. The first kappa shape index (κ1) is 21.6. The van der Waals surface area contributed by atoms with E-state index in [9.17, 15) is 9.18 Å². The van der Waals surface area contributed by atoms with Crippen molar-refractivity contribution in [2.24, 2.45) is 0 Å². The average molecular weight is 423 g/mol. The van der Waals surface area contributed by atoms with Gasteiger partial charge in [-0.05, 0) is 62.7 Å². The van der Waals surface area contributed by atoms with Crippen LogP contribution >= 0.6 is 0 Å². The highest BCUT2D eigenvalue weighted by molar-refractivity contribution is 5.86. The zero-order valence-electron chi connectivity index (χ0n) is 18.7. The van der Waals surface area contributed by atoms with Gasteiger partial charge in [-0.25, -0.2) is 4.39 Å². The third kappa shape index (κ3) is 4.67. The Morgan fingerprint density at radius 2 is 1.87 bits per heavy atom. The summed E-state index contributed by atoms with van der Waals surface area (Å²) in [5.74, 6) is -0.561. The van der Waals surface area contributed by atoms with E-state index in [4.69, 9.17) is 4.74 Å². The van der Waals surface area contributed by atoms with Gasteiger partial charge in [-0.2, -0.15) is 0 Å². The number of esters is 1. The molecule has 4 rings (SSSR count). The highest BCUT2D eigenvalue weighted by Crippen LogP contribution is 2.33. The summed E-state index contributed by atoms with van der Waals surface area (Å²) < 4.78 is 21.2. The molecule has 4 nitrogen and oxygen atoms in total. The van der Waals surface area contributed by atoms with Gasteiger partial charge in [0, 0.05) is 48.6 Å². The Hall–Kier alpha value is -2.66. The van der Waals surface area contributed by atoms with E-state index in [1.165, 1.54) is 39.9 Å². The van der Waals surface area contributed by atoms with Crippen molar-refractivity contribution in [3.8, 4) is 0 Å². The van der Waals surface area contributed by atoms with Crippen molar-refractivity contribution in [3.63, 3.8) is 0 Å². The summed E-state index contributed by atoms with van der Waals surface area (Å²) in [7, 11) is 2.17. The van der Waals surface area contributed by atoms with Gasteiger partial charge in [0.25, 0.3) is 0 Å². The number of rotatable bonds is 6. The lowest BCUT2D eigenvalue weighted by atomic mass is 9.95. The van der Waals surface area contributed by atoms with E-state index in [1.54, 1.807) is 12.1 Å². The molecule has 1 unspecified atom stereocenters. The van der Waals surface area contributed by atoms with Crippen LogP contribution in [-0.2, 0) is 28.9 Å². The molecule has 0 radical (unpaired) electrons. The number of carbonyl (C=O) groups excluding carboxylic acids is 1. The molecule has 0 aliphatic carbocycles. The standard InChI is InChI=1S/C26H31FN2O2/c1-4-31-26(30)16-20(19-6-8-21(27)9-7-19)17-29-24-10-5-18(2)15-23(24)22-11-13-28(3)14-12-25(22)29/h5-10,15,20H,4,11-14,16-17H2,1-3H3. The Labute approximate surface area is 183 Å². The van der Waals surface area contributed by atoms with Gasteiger partial charge in [0.2, 0.25) is 0 Å². The first-order valence-electron chi connectivity index (χ1n) is 11.2. The maximum Gasteiger partial charge on any atom is 0.306 e. The highest BCUT2D eigenvalue weighted by atomic mass is 19.1. The Morgan fingerprint density at radius 3 is 2.61 bits per heavy atom. The highest BCUT2D eigenvalue weighted by Gasteiger charge is 2.24. The third-order valence-corrected chi connectivity index (χ3v) is 6.38. The Kier molecular flexibility index (Phi) is 6.42. The minimum atomic E-state index is -0.266. The van der Waals surface area contributed by atoms with Crippen molar-refractivity contribution in [1.82, 2.24) is 9.47 Å². The van der Waals surface area contributed by atoms with Crippen LogP contribution in [0.4, 0.5) is 4.39 Å². The van der Waals surface area contributed by atoms with Gasteiger partial charge in [-0.1, -0.05) is 23.8 Å². The first-order chi connectivity index (χ1) is 15.0. The van der Waals surface area contributed by atoms with Crippen LogP contribution in [-0.4, -0.2) is 42.2 Å². The molecule has 1 aromatic heterocycles. The van der Waals surface area contributed by atoms with E-state index >= 15 is 0 Å². The summed E-state index contributed by atoms with van der Waals surface area (Å²) in [6, 6.07) is 13.2. The molecule has 1 atom stereocenters. The van der Waals surface area contributed by atoms with E-state index in [1.807, 2.05) is 6.92 Å². The number of ether oxygens (including phenoxy) is 1.